The number of halogens is 1. The summed E-state index contributed by atoms with van der Waals surface area (Å²) in [6.07, 6.45) is 14.1. The number of aliphatic imine (C=N–C) groups is 1. The van der Waals surface area contributed by atoms with Crippen molar-refractivity contribution in [2.24, 2.45) is 10.7 Å². The van der Waals surface area contributed by atoms with Crippen LogP contribution in [0.25, 0.3) is 0 Å². The molecule has 0 radical (unpaired) electrons. The Labute approximate surface area is 243 Å². The first kappa shape index (κ1) is 44.8. The van der Waals surface area contributed by atoms with Gasteiger partial charge in [0, 0.05) is 16.9 Å². The van der Waals surface area contributed by atoms with Gasteiger partial charge in [-0.1, -0.05) is 86.2 Å². The predicted octanol–water partition coefficient (Wildman–Crippen LogP) is 10.9. The summed E-state index contributed by atoms with van der Waals surface area (Å²) in [4.78, 5) is 4.24. The summed E-state index contributed by atoms with van der Waals surface area (Å²) < 4.78 is 6.11. The van der Waals surface area contributed by atoms with Crippen molar-refractivity contribution in [2.45, 2.75) is 81.7 Å². The van der Waals surface area contributed by atoms with E-state index in [9.17, 15) is 0 Å². The first-order valence-corrected chi connectivity index (χ1v) is 14.7. The molecule has 0 atom stereocenters. The van der Waals surface area contributed by atoms with Crippen molar-refractivity contribution >= 4 is 33.5 Å². The van der Waals surface area contributed by atoms with Crippen molar-refractivity contribution in [3.05, 3.63) is 94.6 Å². The zero-order chi connectivity index (χ0) is 30.1. The first-order chi connectivity index (χ1) is 17.6. The number of allylic oxidation sites excluding steroid dienone is 6. The molecule has 3 nitrogen and oxygen atoms in total. The van der Waals surface area contributed by atoms with Crippen LogP contribution in [0.3, 0.4) is 0 Å². The van der Waals surface area contributed by atoms with Crippen molar-refractivity contribution < 1.29 is 4.74 Å². The van der Waals surface area contributed by atoms with E-state index < -0.39 is 0 Å². The molecule has 0 fully saturated rings. The van der Waals surface area contributed by atoms with E-state index in [1.54, 1.807) is 31.0 Å². The number of hydrogen-bond acceptors (Lipinski definition) is 3. The quantitative estimate of drug-likeness (QED) is 0.112. The number of methoxy groups -OCH3 is 1. The Bertz CT molecular complexity index is 783. The van der Waals surface area contributed by atoms with Crippen LogP contribution in [-0.2, 0) is 0 Å². The summed E-state index contributed by atoms with van der Waals surface area (Å²) >= 11 is 5.07. The maximum absolute atomic E-state index is 5.71. The Morgan fingerprint density at radius 1 is 1.14 bits per heavy atom. The standard InChI is InChI=1S/C9H18N2S.C8H9BrO.C8H10.C3H6.2C2H6/c1-7(2)11-9(10)5-8(3)6-12-4;1-6-3-7(9)5-8(4-6)10-2;1-3-5-7-8-6-4-2;1-3-2;2*1-2/h6-7H,5H2,1-4H3,(H2,10,11);3-5H,1-2H3;4-8H,1H2,2H3;3H,1H2,2H3;2*1-2H3/b8-6+;;6-4-,8-7-;;;. The van der Waals surface area contributed by atoms with E-state index in [4.69, 9.17) is 10.5 Å². The van der Waals surface area contributed by atoms with E-state index in [0.717, 1.165) is 22.5 Å². The van der Waals surface area contributed by atoms with E-state index in [1.807, 2.05) is 111 Å². The number of hydrogen-bond donors (Lipinski definition) is 1. The van der Waals surface area contributed by atoms with E-state index in [-0.39, 0.29) is 0 Å². The lowest BCUT2D eigenvalue weighted by atomic mass is 10.2. The molecule has 2 N–H and O–H groups in total. The number of ether oxygens (including phenoxy) is 1. The number of rotatable bonds is 7. The SMILES string of the molecule is C=C=C/C=C\C=C/C.C=CC.CC.CC.COc1cc(C)cc(Br)c1.CS/C=C(\C)CC(N)=NC(C)C. The smallest absolute Gasteiger partial charge is 0.120 e. The minimum atomic E-state index is 0.298. The van der Waals surface area contributed by atoms with E-state index >= 15 is 0 Å². The van der Waals surface area contributed by atoms with Gasteiger partial charge in [-0.25, -0.2) is 0 Å². The highest BCUT2D eigenvalue weighted by Crippen LogP contribution is 2.20. The highest BCUT2D eigenvalue weighted by atomic mass is 79.9. The van der Waals surface area contributed by atoms with Crippen LogP contribution >= 0.6 is 27.7 Å². The van der Waals surface area contributed by atoms with Gasteiger partial charge in [0.2, 0.25) is 0 Å². The fourth-order valence-corrected chi connectivity index (χ4v) is 3.10. The third-order valence-electron chi connectivity index (χ3n) is 3.08. The van der Waals surface area contributed by atoms with Gasteiger partial charge >= 0.3 is 0 Å². The molecule has 1 rings (SSSR count). The molecular formula is C32H55BrN2OS. The lowest BCUT2D eigenvalue weighted by Gasteiger charge is -2.02. The Balaban J connectivity index is -0.000000125. The van der Waals surface area contributed by atoms with Gasteiger partial charge in [0.15, 0.2) is 0 Å². The summed E-state index contributed by atoms with van der Waals surface area (Å²) in [5, 5.41) is 2.10. The molecule has 0 aliphatic rings. The van der Waals surface area contributed by atoms with Gasteiger partial charge in [0.25, 0.3) is 0 Å². The Morgan fingerprint density at radius 2 is 1.68 bits per heavy atom. The zero-order valence-electron chi connectivity index (χ0n) is 25.7. The van der Waals surface area contributed by atoms with Gasteiger partial charge in [-0.2, -0.15) is 0 Å². The van der Waals surface area contributed by atoms with Gasteiger partial charge in [-0.05, 0) is 83.0 Å². The monoisotopic (exact) mass is 594 g/mol. The van der Waals surface area contributed by atoms with Crippen LogP contribution in [-0.4, -0.2) is 25.2 Å². The summed E-state index contributed by atoms with van der Waals surface area (Å²) in [5.41, 5.74) is 10.8. The largest absolute Gasteiger partial charge is 0.497 e. The first-order valence-electron chi connectivity index (χ1n) is 12.6. The summed E-state index contributed by atoms with van der Waals surface area (Å²) in [5.74, 6) is 1.62. The van der Waals surface area contributed by atoms with Gasteiger partial charge in [-0.3, -0.25) is 4.99 Å². The van der Waals surface area contributed by atoms with Crippen LogP contribution in [0.15, 0.2) is 94.0 Å². The molecule has 1 aromatic rings. The molecule has 0 aliphatic heterocycles. The van der Waals surface area contributed by atoms with Crippen molar-refractivity contribution in [1.29, 1.82) is 0 Å². The Hall–Kier alpha value is -2.20. The molecule has 212 valence electrons. The Morgan fingerprint density at radius 3 is 2.05 bits per heavy atom. The fraction of sp³-hybridized carbons (Fsp3) is 0.438. The van der Waals surface area contributed by atoms with E-state index in [1.165, 1.54) is 11.1 Å². The summed E-state index contributed by atoms with van der Waals surface area (Å²) in [6, 6.07) is 6.27. The second-order valence-corrected chi connectivity index (χ2v) is 8.57. The van der Waals surface area contributed by atoms with Crippen molar-refractivity contribution in [3.8, 4) is 5.75 Å². The molecule has 0 spiro atoms. The summed E-state index contributed by atoms with van der Waals surface area (Å²) in [6.45, 7) is 26.8. The van der Waals surface area contributed by atoms with Crippen molar-refractivity contribution in [2.75, 3.05) is 13.4 Å². The van der Waals surface area contributed by atoms with Crippen LogP contribution in [0.1, 0.15) is 74.3 Å². The molecule has 0 bridgehead atoms. The van der Waals surface area contributed by atoms with Crippen molar-refractivity contribution in [1.82, 2.24) is 0 Å². The molecule has 0 amide bonds. The number of thioether (sulfide) groups is 1. The van der Waals surface area contributed by atoms with Crippen LogP contribution in [0, 0.1) is 6.92 Å². The highest BCUT2D eigenvalue weighted by Gasteiger charge is 1.96. The Kier molecular flexibility index (Phi) is 46.4. The third-order valence-corrected chi connectivity index (χ3v) is 4.18. The van der Waals surface area contributed by atoms with Gasteiger partial charge in [-0.15, -0.1) is 24.1 Å². The van der Waals surface area contributed by atoms with Crippen LogP contribution < -0.4 is 10.5 Å². The average molecular weight is 596 g/mol. The molecule has 0 aliphatic carbocycles. The molecule has 0 heterocycles. The minimum absolute atomic E-state index is 0.298. The second-order valence-electron chi connectivity index (χ2n) is 6.95. The lowest BCUT2D eigenvalue weighted by Crippen LogP contribution is -2.14. The second kappa shape index (κ2) is 38.3. The number of benzene rings is 1. The molecule has 0 aromatic heterocycles. The van der Waals surface area contributed by atoms with E-state index in [0.29, 0.717) is 6.04 Å². The van der Waals surface area contributed by atoms with Gasteiger partial charge in [0.1, 0.15) is 5.75 Å². The maximum Gasteiger partial charge on any atom is 0.120 e. The van der Waals surface area contributed by atoms with Crippen molar-refractivity contribution in [3.63, 3.8) is 0 Å². The molecular weight excluding hydrogens is 540 g/mol. The highest BCUT2D eigenvalue weighted by molar-refractivity contribution is 9.10. The summed E-state index contributed by atoms with van der Waals surface area (Å²) in [7, 11) is 1.67. The maximum atomic E-state index is 5.71. The molecule has 0 saturated carbocycles. The fourth-order valence-electron chi connectivity index (χ4n) is 2.03. The van der Waals surface area contributed by atoms with Crippen LogP contribution in [0.5, 0.6) is 5.75 Å². The molecule has 1 aromatic carbocycles. The van der Waals surface area contributed by atoms with Gasteiger partial charge < -0.3 is 10.5 Å². The minimum Gasteiger partial charge on any atom is -0.497 e. The number of nitrogens with zero attached hydrogens (tertiary/aromatic N) is 1. The van der Waals surface area contributed by atoms with Gasteiger partial charge in [0.05, 0.1) is 12.9 Å². The normalized spacial score (nSPS) is 10.0. The average Bonchev–Trinajstić information content (AvgIpc) is 2.85. The molecule has 0 unspecified atom stereocenters. The molecule has 37 heavy (non-hydrogen) atoms. The van der Waals surface area contributed by atoms with Crippen LogP contribution in [0.4, 0.5) is 0 Å². The van der Waals surface area contributed by atoms with E-state index in [2.05, 4.69) is 52.1 Å². The molecule has 5 heteroatoms. The zero-order valence-corrected chi connectivity index (χ0v) is 28.1. The predicted molar refractivity (Wildman–Crippen MR) is 180 cm³/mol. The third kappa shape index (κ3) is 44.2. The lowest BCUT2D eigenvalue weighted by molar-refractivity contribution is 0.414. The molecule has 0 saturated heterocycles. The van der Waals surface area contributed by atoms with Crippen LogP contribution in [0.2, 0.25) is 0 Å². The number of nitrogens with two attached hydrogens (primary N) is 1. The number of amidine groups is 1. The number of aryl methyl sites for hydroxylation is 1. The topological polar surface area (TPSA) is 47.6 Å².